The molecule has 5 heteroatoms. The van der Waals surface area contributed by atoms with Crippen molar-refractivity contribution in [1.29, 1.82) is 0 Å². The highest BCUT2D eigenvalue weighted by molar-refractivity contribution is 5.94. The van der Waals surface area contributed by atoms with Crippen LogP contribution in [0.2, 0.25) is 0 Å². The van der Waals surface area contributed by atoms with E-state index in [1.165, 1.54) is 24.0 Å². The summed E-state index contributed by atoms with van der Waals surface area (Å²) < 4.78 is 13.6. The minimum Gasteiger partial charge on any atom is -0.486 e. The van der Waals surface area contributed by atoms with Crippen molar-refractivity contribution in [2.24, 2.45) is 7.05 Å². The van der Waals surface area contributed by atoms with Crippen LogP contribution in [0.4, 0.5) is 0 Å². The van der Waals surface area contributed by atoms with E-state index in [2.05, 4.69) is 24.0 Å². The number of rotatable bonds is 1. The molecule has 27 heavy (non-hydrogen) atoms. The average molecular weight is 366 g/mol. The second-order valence-corrected chi connectivity index (χ2v) is 8.25. The average Bonchev–Trinajstić information content (AvgIpc) is 3.33. The number of aromatic nitrogens is 1. The van der Waals surface area contributed by atoms with Gasteiger partial charge in [0, 0.05) is 31.4 Å². The molecule has 3 heterocycles. The number of benzene rings is 1. The van der Waals surface area contributed by atoms with E-state index in [-0.39, 0.29) is 17.4 Å². The van der Waals surface area contributed by atoms with Gasteiger partial charge in [-0.3, -0.25) is 4.79 Å². The molecule has 5 nitrogen and oxygen atoms in total. The maximum atomic E-state index is 13.3. The summed E-state index contributed by atoms with van der Waals surface area (Å²) in [6, 6.07) is 6.26. The number of carbonyl (C=O) groups is 1. The lowest BCUT2D eigenvalue weighted by atomic mass is 9.71. The van der Waals surface area contributed by atoms with Crippen LogP contribution >= 0.6 is 0 Å². The molecule has 1 unspecified atom stereocenters. The second kappa shape index (κ2) is 6.04. The van der Waals surface area contributed by atoms with Crippen LogP contribution in [0.3, 0.4) is 0 Å². The third-order valence-corrected chi connectivity index (χ3v) is 6.58. The number of hydrogen-bond acceptors (Lipinski definition) is 3. The highest BCUT2D eigenvalue weighted by Crippen LogP contribution is 2.52. The molecule has 1 fully saturated rings. The van der Waals surface area contributed by atoms with E-state index in [0.29, 0.717) is 13.2 Å². The van der Waals surface area contributed by atoms with Crippen LogP contribution in [-0.4, -0.2) is 35.1 Å². The fraction of sp³-hybridized carbons (Fsp3) is 0.500. The van der Waals surface area contributed by atoms with Crippen molar-refractivity contribution in [3.63, 3.8) is 0 Å². The lowest BCUT2D eigenvalue weighted by molar-refractivity contribution is 0.0593. The first-order valence-electron chi connectivity index (χ1n) is 9.94. The zero-order valence-corrected chi connectivity index (χ0v) is 16.0. The van der Waals surface area contributed by atoms with Gasteiger partial charge in [-0.1, -0.05) is 12.8 Å². The molecule has 1 saturated carbocycles. The Bertz CT molecular complexity index is 895. The molecule has 1 amide bonds. The van der Waals surface area contributed by atoms with E-state index >= 15 is 0 Å². The number of fused-ring (bicyclic) bond motifs is 3. The molecule has 0 saturated heterocycles. The topological polar surface area (TPSA) is 43.7 Å². The minimum atomic E-state index is 0.0229. The van der Waals surface area contributed by atoms with Gasteiger partial charge in [-0.25, -0.2) is 0 Å². The van der Waals surface area contributed by atoms with Crippen molar-refractivity contribution in [1.82, 2.24) is 9.47 Å². The van der Waals surface area contributed by atoms with Gasteiger partial charge in [0.25, 0.3) is 5.91 Å². The monoisotopic (exact) mass is 366 g/mol. The molecule has 1 aromatic heterocycles. The van der Waals surface area contributed by atoms with Crippen LogP contribution in [-0.2, 0) is 12.5 Å². The summed E-state index contributed by atoms with van der Waals surface area (Å²) >= 11 is 0. The van der Waals surface area contributed by atoms with Crippen molar-refractivity contribution in [3.8, 4) is 11.5 Å². The largest absolute Gasteiger partial charge is 0.486 e. The van der Waals surface area contributed by atoms with Crippen LogP contribution in [0.25, 0.3) is 0 Å². The Balaban J connectivity index is 1.61. The summed E-state index contributed by atoms with van der Waals surface area (Å²) in [6.07, 6.45) is 8.54. The third-order valence-electron chi connectivity index (χ3n) is 6.58. The van der Waals surface area contributed by atoms with Gasteiger partial charge in [-0.15, -0.1) is 0 Å². The minimum absolute atomic E-state index is 0.0229. The first-order chi connectivity index (χ1) is 13.1. The van der Waals surface area contributed by atoms with Gasteiger partial charge in [0.1, 0.15) is 13.2 Å². The maximum absolute atomic E-state index is 13.3. The molecule has 1 aliphatic carbocycles. The Morgan fingerprint density at radius 2 is 1.85 bits per heavy atom. The zero-order chi connectivity index (χ0) is 18.6. The Labute approximate surface area is 159 Å². The van der Waals surface area contributed by atoms with Crippen LogP contribution in [0.5, 0.6) is 11.5 Å². The predicted octanol–water partition coefficient (Wildman–Crippen LogP) is 3.83. The highest BCUT2D eigenvalue weighted by Gasteiger charge is 2.46. The Kier molecular flexibility index (Phi) is 3.74. The first-order valence-corrected chi connectivity index (χ1v) is 9.94. The van der Waals surface area contributed by atoms with Crippen LogP contribution in [0.1, 0.15) is 60.1 Å². The first kappa shape index (κ1) is 16.7. The molecule has 1 spiro atoms. The molecule has 1 atom stereocenters. The fourth-order valence-corrected chi connectivity index (χ4v) is 5.15. The van der Waals surface area contributed by atoms with Crippen molar-refractivity contribution in [2.75, 3.05) is 19.8 Å². The maximum Gasteiger partial charge on any atom is 0.255 e. The fourth-order valence-electron chi connectivity index (χ4n) is 5.15. The number of hydrogen-bond donors (Lipinski definition) is 0. The van der Waals surface area contributed by atoms with Gasteiger partial charge >= 0.3 is 0 Å². The molecule has 0 N–H and O–H groups in total. The van der Waals surface area contributed by atoms with Crippen molar-refractivity contribution in [2.45, 2.75) is 44.1 Å². The van der Waals surface area contributed by atoms with Gasteiger partial charge in [0.2, 0.25) is 0 Å². The number of aryl methyl sites for hydroxylation is 1. The quantitative estimate of drug-likeness (QED) is 0.771. The Morgan fingerprint density at radius 3 is 2.52 bits per heavy atom. The lowest BCUT2D eigenvalue weighted by Crippen LogP contribution is -2.48. The summed E-state index contributed by atoms with van der Waals surface area (Å²) in [5.74, 6) is 1.80. The van der Waals surface area contributed by atoms with Gasteiger partial charge in [0.15, 0.2) is 11.5 Å². The second-order valence-electron chi connectivity index (χ2n) is 8.25. The Hall–Kier alpha value is -2.43. The van der Waals surface area contributed by atoms with E-state index in [9.17, 15) is 4.79 Å². The SMILES string of the molecule is CC1c2cc3c(cc2C2(CCCC2)CN1C(=O)c1ccn(C)c1)OCCO3. The van der Waals surface area contributed by atoms with Gasteiger partial charge < -0.3 is 18.9 Å². The van der Waals surface area contributed by atoms with Crippen molar-refractivity contribution in [3.05, 3.63) is 47.3 Å². The number of ether oxygens (including phenoxy) is 2. The van der Waals surface area contributed by atoms with E-state index in [0.717, 1.165) is 36.4 Å². The third kappa shape index (κ3) is 2.55. The summed E-state index contributed by atoms with van der Waals surface area (Å²) in [5.41, 5.74) is 3.39. The van der Waals surface area contributed by atoms with Crippen LogP contribution in [0, 0.1) is 0 Å². The number of nitrogens with zero attached hydrogens (tertiary/aromatic N) is 2. The molecule has 0 bridgehead atoms. The van der Waals surface area contributed by atoms with Crippen LogP contribution in [0.15, 0.2) is 30.6 Å². The number of amides is 1. The summed E-state index contributed by atoms with van der Waals surface area (Å²) in [5, 5.41) is 0. The smallest absolute Gasteiger partial charge is 0.255 e. The summed E-state index contributed by atoms with van der Waals surface area (Å²) in [4.78, 5) is 15.4. The molecule has 142 valence electrons. The van der Waals surface area contributed by atoms with E-state index in [4.69, 9.17) is 9.47 Å². The van der Waals surface area contributed by atoms with E-state index in [1.807, 2.05) is 30.1 Å². The molecule has 2 aromatic rings. The molecule has 2 aliphatic heterocycles. The molecule has 3 aliphatic rings. The summed E-state index contributed by atoms with van der Waals surface area (Å²) in [7, 11) is 1.95. The van der Waals surface area contributed by atoms with Crippen LogP contribution < -0.4 is 9.47 Å². The lowest BCUT2D eigenvalue weighted by Gasteiger charge is -2.46. The van der Waals surface area contributed by atoms with Gasteiger partial charge in [-0.2, -0.15) is 0 Å². The molecule has 1 aromatic carbocycles. The molecule has 0 radical (unpaired) electrons. The van der Waals surface area contributed by atoms with Gasteiger partial charge in [-0.05, 0) is 49.1 Å². The van der Waals surface area contributed by atoms with E-state index in [1.54, 1.807) is 0 Å². The molecular weight excluding hydrogens is 340 g/mol. The highest BCUT2D eigenvalue weighted by atomic mass is 16.6. The zero-order valence-electron chi connectivity index (χ0n) is 16.0. The predicted molar refractivity (Wildman–Crippen MR) is 102 cm³/mol. The van der Waals surface area contributed by atoms with Crippen molar-refractivity contribution >= 4 is 5.91 Å². The van der Waals surface area contributed by atoms with Crippen molar-refractivity contribution < 1.29 is 14.3 Å². The molecule has 5 rings (SSSR count). The molecular formula is C22H26N2O3. The summed E-state index contributed by atoms with van der Waals surface area (Å²) in [6.45, 7) is 4.11. The number of carbonyl (C=O) groups excluding carboxylic acids is 1. The van der Waals surface area contributed by atoms with Gasteiger partial charge in [0.05, 0.1) is 11.6 Å². The normalized spacial score (nSPS) is 22.7. The van der Waals surface area contributed by atoms with E-state index < -0.39 is 0 Å². The standard InChI is InChI=1S/C22H26N2O3/c1-15-17-11-19-20(27-10-9-26-19)12-18(17)22(6-3-4-7-22)14-24(15)21(25)16-5-8-23(2)13-16/h5,8,11-13,15H,3-4,6-7,9-10,14H2,1-2H3. The Morgan fingerprint density at radius 1 is 1.15 bits per heavy atom.